The molecular formula is C23H21BrClNO4. The summed E-state index contributed by atoms with van der Waals surface area (Å²) in [5.41, 5.74) is 3.53. The lowest BCUT2D eigenvalue weighted by atomic mass is 10.1. The van der Waals surface area contributed by atoms with Crippen LogP contribution in [0.1, 0.15) is 27.0 Å². The van der Waals surface area contributed by atoms with Crippen molar-refractivity contribution in [3.8, 4) is 11.5 Å². The molecule has 3 rings (SSSR count). The number of hydrogen-bond acceptors (Lipinski definition) is 4. The lowest BCUT2D eigenvalue weighted by Gasteiger charge is -2.18. The van der Waals surface area contributed by atoms with Crippen LogP contribution in [0.5, 0.6) is 11.5 Å². The highest BCUT2D eigenvalue weighted by molar-refractivity contribution is 9.10. The number of anilines is 1. The van der Waals surface area contributed by atoms with Crippen LogP contribution < -0.4 is 14.8 Å². The second-order valence-corrected chi connectivity index (χ2v) is 7.90. The van der Waals surface area contributed by atoms with Gasteiger partial charge in [0.1, 0.15) is 6.61 Å². The molecule has 0 saturated carbocycles. The summed E-state index contributed by atoms with van der Waals surface area (Å²) in [4.78, 5) is 11.4. The summed E-state index contributed by atoms with van der Waals surface area (Å²) in [5, 5.41) is 13.3. The first-order valence-corrected chi connectivity index (χ1v) is 10.4. The minimum atomic E-state index is -0.953. The predicted octanol–water partition coefficient (Wildman–Crippen LogP) is 6.31. The molecule has 0 amide bonds. The number of nitrogens with one attached hydrogen (secondary N) is 1. The van der Waals surface area contributed by atoms with E-state index in [0.717, 1.165) is 21.3 Å². The summed E-state index contributed by atoms with van der Waals surface area (Å²) in [5.74, 6) is 0.270. The number of aromatic carboxylic acids is 1. The van der Waals surface area contributed by atoms with Gasteiger partial charge in [-0.3, -0.25) is 0 Å². The van der Waals surface area contributed by atoms with Crippen LogP contribution in [-0.2, 0) is 13.2 Å². The molecule has 0 spiro atoms. The Labute approximate surface area is 188 Å². The van der Waals surface area contributed by atoms with Crippen LogP contribution in [0, 0.1) is 6.92 Å². The van der Waals surface area contributed by atoms with Crippen LogP contribution in [0.25, 0.3) is 0 Å². The molecule has 0 aromatic heterocycles. The van der Waals surface area contributed by atoms with Crippen molar-refractivity contribution in [1.29, 1.82) is 0 Å². The summed E-state index contributed by atoms with van der Waals surface area (Å²) >= 11 is 9.54. The minimum absolute atomic E-state index is 0.268. The normalized spacial score (nSPS) is 10.5. The molecule has 0 aliphatic rings. The Balaban J connectivity index is 1.86. The van der Waals surface area contributed by atoms with Crippen molar-refractivity contribution in [2.75, 3.05) is 12.4 Å². The topological polar surface area (TPSA) is 67.8 Å². The van der Waals surface area contributed by atoms with E-state index >= 15 is 0 Å². The fourth-order valence-electron chi connectivity index (χ4n) is 3.04. The molecule has 0 aliphatic heterocycles. The minimum Gasteiger partial charge on any atom is -0.493 e. The number of rotatable bonds is 8. The van der Waals surface area contributed by atoms with Gasteiger partial charge in [-0.25, -0.2) is 4.79 Å². The smallest absolute Gasteiger partial charge is 0.336 e. The van der Waals surface area contributed by atoms with Gasteiger partial charge in [0.05, 0.1) is 12.7 Å². The van der Waals surface area contributed by atoms with Crippen molar-refractivity contribution in [2.24, 2.45) is 0 Å². The molecule has 0 atom stereocenters. The fraction of sp³-hybridized carbons (Fsp3) is 0.174. The zero-order chi connectivity index (χ0) is 21.7. The van der Waals surface area contributed by atoms with E-state index in [4.69, 9.17) is 21.1 Å². The number of carbonyl (C=O) groups is 1. The van der Waals surface area contributed by atoms with Gasteiger partial charge in [0.15, 0.2) is 11.5 Å². The first-order valence-electron chi connectivity index (χ1n) is 9.20. The molecule has 5 nitrogen and oxygen atoms in total. The zero-order valence-electron chi connectivity index (χ0n) is 16.5. The number of halogens is 2. The summed E-state index contributed by atoms with van der Waals surface area (Å²) < 4.78 is 12.5. The summed E-state index contributed by atoms with van der Waals surface area (Å²) in [6, 6.07) is 16.3. The number of carboxylic acid groups (broad SMARTS) is 1. The molecule has 0 radical (unpaired) electrons. The van der Waals surface area contributed by atoms with E-state index < -0.39 is 5.97 Å². The molecule has 156 valence electrons. The average molecular weight is 491 g/mol. The number of ether oxygens (including phenoxy) is 2. The van der Waals surface area contributed by atoms with Crippen LogP contribution >= 0.6 is 27.5 Å². The second kappa shape index (κ2) is 9.87. The van der Waals surface area contributed by atoms with Crippen molar-refractivity contribution in [1.82, 2.24) is 0 Å². The van der Waals surface area contributed by atoms with Crippen molar-refractivity contribution in [3.63, 3.8) is 0 Å². The first kappa shape index (κ1) is 22.0. The van der Waals surface area contributed by atoms with E-state index in [0.29, 0.717) is 35.2 Å². The molecule has 3 aromatic rings. The van der Waals surface area contributed by atoms with E-state index in [1.54, 1.807) is 26.2 Å². The Morgan fingerprint density at radius 2 is 1.87 bits per heavy atom. The largest absolute Gasteiger partial charge is 0.493 e. The predicted molar refractivity (Wildman–Crippen MR) is 122 cm³/mol. The highest BCUT2D eigenvalue weighted by atomic mass is 79.9. The molecule has 30 heavy (non-hydrogen) atoms. The average Bonchev–Trinajstić information content (AvgIpc) is 2.73. The number of hydrogen-bond donors (Lipinski definition) is 2. The highest BCUT2D eigenvalue weighted by Gasteiger charge is 2.16. The van der Waals surface area contributed by atoms with E-state index in [2.05, 4.69) is 21.2 Å². The standard InChI is InChI=1S/C23H21BrClNO4/c1-14-17(23(27)28)4-3-5-20(14)26-12-18-19(24)10-11-21(29-2)22(18)30-13-15-6-8-16(25)9-7-15/h3-11,26H,12-13H2,1-2H3,(H,27,28). The van der Waals surface area contributed by atoms with Crippen LogP contribution in [-0.4, -0.2) is 18.2 Å². The van der Waals surface area contributed by atoms with Gasteiger partial charge in [-0.1, -0.05) is 45.7 Å². The van der Waals surface area contributed by atoms with Crippen LogP contribution in [0.4, 0.5) is 5.69 Å². The molecular weight excluding hydrogens is 470 g/mol. The van der Waals surface area contributed by atoms with Gasteiger partial charge in [-0.05, 0) is 54.4 Å². The lowest BCUT2D eigenvalue weighted by molar-refractivity contribution is 0.0696. The van der Waals surface area contributed by atoms with Crippen molar-refractivity contribution < 1.29 is 19.4 Å². The van der Waals surface area contributed by atoms with E-state index in [1.165, 1.54) is 0 Å². The SMILES string of the molecule is COc1ccc(Br)c(CNc2cccc(C(=O)O)c2C)c1OCc1ccc(Cl)cc1. The molecule has 0 aliphatic carbocycles. The summed E-state index contributed by atoms with van der Waals surface area (Å²) in [6.07, 6.45) is 0. The van der Waals surface area contributed by atoms with Gasteiger partial charge in [0, 0.05) is 27.3 Å². The van der Waals surface area contributed by atoms with Crippen LogP contribution in [0.15, 0.2) is 59.1 Å². The molecule has 0 bridgehead atoms. The van der Waals surface area contributed by atoms with Crippen molar-refractivity contribution in [3.05, 3.63) is 86.3 Å². The molecule has 7 heteroatoms. The van der Waals surface area contributed by atoms with E-state index in [9.17, 15) is 9.90 Å². The number of carboxylic acids is 1. The Morgan fingerprint density at radius 3 is 2.53 bits per heavy atom. The Bertz CT molecular complexity index is 1050. The quantitative estimate of drug-likeness (QED) is 0.387. The van der Waals surface area contributed by atoms with E-state index in [1.807, 2.05) is 42.5 Å². The van der Waals surface area contributed by atoms with Crippen molar-refractivity contribution >= 4 is 39.2 Å². The van der Waals surface area contributed by atoms with E-state index in [-0.39, 0.29) is 5.56 Å². The van der Waals surface area contributed by atoms with Gasteiger partial charge >= 0.3 is 5.97 Å². The van der Waals surface area contributed by atoms with Gasteiger partial charge in [0.25, 0.3) is 0 Å². The third kappa shape index (κ3) is 5.07. The third-order valence-electron chi connectivity index (χ3n) is 4.70. The molecule has 2 N–H and O–H groups in total. The molecule has 3 aromatic carbocycles. The Morgan fingerprint density at radius 1 is 1.13 bits per heavy atom. The summed E-state index contributed by atoms with van der Waals surface area (Å²) in [7, 11) is 1.59. The molecule has 0 unspecified atom stereocenters. The maximum atomic E-state index is 11.4. The van der Waals surface area contributed by atoms with Crippen LogP contribution in [0.2, 0.25) is 5.02 Å². The van der Waals surface area contributed by atoms with Gasteiger partial charge < -0.3 is 19.9 Å². The first-order chi connectivity index (χ1) is 14.4. The Kier molecular flexibility index (Phi) is 7.24. The van der Waals surface area contributed by atoms with Gasteiger partial charge in [0.2, 0.25) is 0 Å². The zero-order valence-corrected chi connectivity index (χ0v) is 18.9. The fourth-order valence-corrected chi connectivity index (χ4v) is 3.62. The van der Waals surface area contributed by atoms with Crippen LogP contribution in [0.3, 0.4) is 0 Å². The molecule has 0 saturated heterocycles. The monoisotopic (exact) mass is 489 g/mol. The van der Waals surface area contributed by atoms with Gasteiger partial charge in [-0.15, -0.1) is 0 Å². The highest BCUT2D eigenvalue weighted by Crippen LogP contribution is 2.37. The maximum absolute atomic E-state index is 11.4. The molecule has 0 heterocycles. The lowest BCUT2D eigenvalue weighted by Crippen LogP contribution is -2.08. The molecule has 0 fully saturated rings. The maximum Gasteiger partial charge on any atom is 0.336 e. The Hall–Kier alpha value is -2.70. The second-order valence-electron chi connectivity index (χ2n) is 6.61. The number of benzene rings is 3. The van der Waals surface area contributed by atoms with Crippen molar-refractivity contribution in [2.45, 2.75) is 20.1 Å². The third-order valence-corrected chi connectivity index (χ3v) is 5.70. The van der Waals surface area contributed by atoms with Gasteiger partial charge in [-0.2, -0.15) is 0 Å². The summed E-state index contributed by atoms with van der Waals surface area (Å²) in [6.45, 7) is 2.55. The number of methoxy groups -OCH3 is 1.